The monoisotopic (exact) mass is 267 g/mol. The molecule has 4 nitrogen and oxygen atoms in total. The Balaban J connectivity index is 2.06. The first-order valence-electron chi connectivity index (χ1n) is 6.10. The molecule has 4 heteroatoms. The molecule has 0 amide bonds. The standard InChI is InChI=1S/C16H13NO3/c17-10-12-5-7-13(8-6-12)11-20-15-4-2-1-3-14(15)9-16(18)19/h1-8H,9,11H2,(H,18,19). The van der Waals surface area contributed by atoms with E-state index in [1.54, 1.807) is 36.4 Å². The predicted octanol–water partition coefficient (Wildman–Crippen LogP) is 2.76. The molecular formula is C16H13NO3. The summed E-state index contributed by atoms with van der Waals surface area (Å²) in [6, 6.07) is 16.2. The smallest absolute Gasteiger partial charge is 0.307 e. The van der Waals surface area contributed by atoms with E-state index in [4.69, 9.17) is 15.1 Å². The number of carboxylic acids is 1. The quantitative estimate of drug-likeness (QED) is 0.904. The van der Waals surface area contributed by atoms with Gasteiger partial charge in [-0.1, -0.05) is 30.3 Å². The topological polar surface area (TPSA) is 70.3 Å². The summed E-state index contributed by atoms with van der Waals surface area (Å²) in [6.45, 7) is 0.336. The third kappa shape index (κ3) is 3.59. The third-order valence-corrected chi connectivity index (χ3v) is 2.79. The molecule has 0 aliphatic carbocycles. The first kappa shape index (κ1) is 13.6. The van der Waals surface area contributed by atoms with E-state index in [1.165, 1.54) is 0 Å². The number of aliphatic carboxylic acids is 1. The lowest BCUT2D eigenvalue weighted by Crippen LogP contribution is -2.04. The van der Waals surface area contributed by atoms with Crippen LogP contribution in [0.4, 0.5) is 0 Å². The van der Waals surface area contributed by atoms with Crippen LogP contribution in [0.5, 0.6) is 5.75 Å². The van der Waals surface area contributed by atoms with Crippen molar-refractivity contribution in [2.75, 3.05) is 0 Å². The van der Waals surface area contributed by atoms with Crippen LogP contribution in [0.2, 0.25) is 0 Å². The molecule has 0 fully saturated rings. The van der Waals surface area contributed by atoms with Gasteiger partial charge in [0.15, 0.2) is 0 Å². The summed E-state index contributed by atoms with van der Waals surface area (Å²) >= 11 is 0. The molecule has 0 unspecified atom stereocenters. The summed E-state index contributed by atoms with van der Waals surface area (Å²) in [4.78, 5) is 10.8. The van der Waals surface area contributed by atoms with E-state index in [0.29, 0.717) is 23.5 Å². The van der Waals surface area contributed by atoms with Crippen LogP contribution in [0, 0.1) is 11.3 Å². The highest BCUT2D eigenvalue weighted by Crippen LogP contribution is 2.20. The third-order valence-electron chi connectivity index (χ3n) is 2.79. The van der Waals surface area contributed by atoms with E-state index in [2.05, 4.69) is 6.07 Å². The highest BCUT2D eigenvalue weighted by molar-refractivity contribution is 5.71. The van der Waals surface area contributed by atoms with Crippen LogP contribution < -0.4 is 4.74 Å². The zero-order valence-corrected chi connectivity index (χ0v) is 10.7. The number of benzene rings is 2. The highest BCUT2D eigenvalue weighted by Gasteiger charge is 2.07. The van der Waals surface area contributed by atoms with Gasteiger partial charge in [-0.25, -0.2) is 0 Å². The van der Waals surface area contributed by atoms with Gasteiger partial charge < -0.3 is 9.84 Å². The molecule has 0 aromatic heterocycles. The molecule has 20 heavy (non-hydrogen) atoms. The number of carbonyl (C=O) groups is 1. The zero-order chi connectivity index (χ0) is 14.4. The molecule has 1 N–H and O–H groups in total. The van der Waals surface area contributed by atoms with Crippen molar-refractivity contribution < 1.29 is 14.6 Å². The van der Waals surface area contributed by atoms with Crippen LogP contribution in [0.25, 0.3) is 0 Å². The molecule has 2 aromatic rings. The Hall–Kier alpha value is -2.80. The van der Waals surface area contributed by atoms with Crippen LogP contribution in [0.3, 0.4) is 0 Å². The zero-order valence-electron chi connectivity index (χ0n) is 10.7. The van der Waals surface area contributed by atoms with Crippen LogP contribution in [-0.2, 0) is 17.8 Å². The fourth-order valence-corrected chi connectivity index (χ4v) is 1.79. The second-order valence-corrected chi connectivity index (χ2v) is 4.28. The molecule has 2 rings (SSSR count). The minimum absolute atomic E-state index is 0.0659. The average Bonchev–Trinajstić information content (AvgIpc) is 2.46. The number of nitrogens with zero attached hydrogens (tertiary/aromatic N) is 1. The molecular weight excluding hydrogens is 254 g/mol. The molecule has 0 aliphatic rings. The predicted molar refractivity (Wildman–Crippen MR) is 73.3 cm³/mol. The molecule has 2 aromatic carbocycles. The number of para-hydroxylation sites is 1. The van der Waals surface area contributed by atoms with Gasteiger partial charge in [0.2, 0.25) is 0 Å². The lowest BCUT2D eigenvalue weighted by molar-refractivity contribution is -0.136. The minimum Gasteiger partial charge on any atom is -0.489 e. The summed E-state index contributed by atoms with van der Waals surface area (Å²) in [5.74, 6) is -0.321. The minimum atomic E-state index is -0.889. The Bertz CT molecular complexity index is 642. The number of hydrogen-bond acceptors (Lipinski definition) is 3. The van der Waals surface area contributed by atoms with Crippen molar-refractivity contribution >= 4 is 5.97 Å². The van der Waals surface area contributed by atoms with Crippen molar-refractivity contribution in [1.29, 1.82) is 5.26 Å². The summed E-state index contributed by atoms with van der Waals surface area (Å²) in [5.41, 5.74) is 2.17. The van der Waals surface area contributed by atoms with E-state index in [0.717, 1.165) is 5.56 Å². The van der Waals surface area contributed by atoms with Crippen LogP contribution >= 0.6 is 0 Å². The van der Waals surface area contributed by atoms with E-state index >= 15 is 0 Å². The Labute approximate surface area is 116 Å². The first-order valence-corrected chi connectivity index (χ1v) is 6.10. The van der Waals surface area contributed by atoms with Gasteiger partial charge in [-0.15, -0.1) is 0 Å². The Morgan fingerprint density at radius 1 is 1.15 bits per heavy atom. The molecule has 100 valence electrons. The van der Waals surface area contributed by atoms with Gasteiger partial charge in [0.1, 0.15) is 12.4 Å². The summed E-state index contributed by atoms with van der Waals surface area (Å²) < 4.78 is 5.65. The fourth-order valence-electron chi connectivity index (χ4n) is 1.79. The average molecular weight is 267 g/mol. The fraction of sp³-hybridized carbons (Fsp3) is 0.125. The van der Waals surface area contributed by atoms with Gasteiger partial charge in [0, 0.05) is 5.56 Å². The first-order chi connectivity index (χ1) is 9.69. The van der Waals surface area contributed by atoms with Crippen molar-refractivity contribution in [3.63, 3.8) is 0 Å². The van der Waals surface area contributed by atoms with Gasteiger partial charge >= 0.3 is 5.97 Å². The maximum atomic E-state index is 10.8. The van der Waals surface area contributed by atoms with Gasteiger partial charge in [0.05, 0.1) is 18.1 Å². The second-order valence-electron chi connectivity index (χ2n) is 4.28. The summed E-state index contributed by atoms with van der Waals surface area (Å²) in [5, 5.41) is 17.6. The Morgan fingerprint density at radius 2 is 1.85 bits per heavy atom. The van der Waals surface area contributed by atoms with Crippen LogP contribution in [-0.4, -0.2) is 11.1 Å². The van der Waals surface area contributed by atoms with Gasteiger partial charge in [-0.05, 0) is 23.8 Å². The molecule has 0 radical (unpaired) electrons. The largest absolute Gasteiger partial charge is 0.489 e. The van der Waals surface area contributed by atoms with Crippen LogP contribution in [0.1, 0.15) is 16.7 Å². The SMILES string of the molecule is N#Cc1ccc(COc2ccccc2CC(=O)O)cc1. The van der Waals surface area contributed by atoms with Crippen LogP contribution in [0.15, 0.2) is 48.5 Å². The lowest BCUT2D eigenvalue weighted by atomic mass is 10.1. The van der Waals surface area contributed by atoms with Gasteiger partial charge in [0.25, 0.3) is 0 Å². The Kier molecular flexibility index (Phi) is 4.35. The number of carboxylic acid groups (broad SMARTS) is 1. The van der Waals surface area contributed by atoms with Crippen molar-refractivity contribution in [3.8, 4) is 11.8 Å². The molecule has 0 bridgehead atoms. The van der Waals surface area contributed by atoms with E-state index < -0.39 is 5.97 Å². The number of rotatable bonds is 5. The van der Waals surface area contributed by atoms with Crippen molar-refractivity contribution in [2.45, 2.75) is 13.0 Å². The summed E-state index contributed by atoms with van der Waals surface area (Å²) in [6.07, 6.45) is -0.0659. The van der Waals surface area contributed by atoms with E-state index in [-0.39, 0.29) is 6.42 Å². The van der Waals surface area contributed by atoms with E-state index in [1.807, 2.05) is 12.1 Å². The maximum Gasteiger partial charge on any atom is 0.307 e. The van der Waals surface area contributed by atoms with Gasteiger partial charge in [-0.2, -0.15) is 5.26 Å². The van der Waals surface area contributed by atoms with Crippen molar-refractivity contribution in [1.82, 2.24) is 0 Å². The van der Waals surface area contributed by atoms with Crippen molar-refractivity contribution in [2.24, 2.45) is 0 Å². The normalized spacial score (nSPS) is 9.75. The molecule has 0 atom stereocenters. The number of nitriles is 1. The summed E-state index contributed by atoms with van der Waals surface area (Å²) in [7, 11) is 0. The van der Waals surface area contributed by atoms with Gasteiger partial charge in [-0.3, -0.25) is 4.79 Å². The second kappa shape index (κ2) is 6.39. The molecule has 0 heterocycles. The maximum absolute atomic E-state index is 10.8. The van der Waals surface area contributed by atoms with E-state index in [9.17, 15) is 4.79 Å². The highest BCUT2D eigenvalue weighted by atomic mass is 16.5. The number of ether oxygens (including phenoxy) is 1. The molecule has 0 saturated carbocycles. The lowest BCUT2D eigenvalue weighted by Gasteiger charge is -2.10. The Morgan fingerprint density at radius 3 is 2.50 bits per heavy atom. The number of hydrogen-bond donors (Lipinski definition) is 1. The molecule has 0 spiro atoms. The molecule has 0 saturated heterocycles. The van der Waals surface area contributed by atoms with Crippen molar-refractivity contribution in [3.05, 3.63) is 65.2 Å². The molecule has 0 aliphatic heterocycles.